The number of rotatable bonds is 38. The third-order valence-corrected chi connectivity index (χ3v) is 9.50. The molecule has 0 rings (SSSR count). The van der Waals surface area contributed by atoms with Crippen molar-refractivity contribution in [2.45, 2.75) is 180 Å². The van der Waals surface area contributed by atoms with Crippen LogP contribution in [0.3, 0.4) is 0 Å². The van der Waals surface area contributed by atoms with Crippen molar-refractivity contribution < 1.29 is 47.5 Å². The highest BCUT2D eigenvalue weighted by Gasteiger charge is 2.28. The summed E-state index contributed by atoms with van der Waals surface area (Å²) in [6.07, 6.45) is 40.3. The van der Waals surface area contributed by atoms with E-state index in [9.17, 15) is 23.8 Å². The Kier molecular flexibility index (Phi) is 35.6. The van der Waals surface area contributed by atoms with Crippen molar-refractivity contribution in [3.63, 3.8) is 0 Å². The van der Waals surface area contributed by atoms with Crippen molar-refractivity contribution in [1.82, 2.24) is 0 Å². The minimum absolute atomic E-state index is 0.142. The Bertz CT molecular complexity index is 1110. The Morgan fingerprint density at radius 2 is 0.981 bits per heavy atom. The average molecular weight is 784 g/mol. The number of phosphoric acid groups is 1. The van der Waals surface area contributed by atoms with Crippen molar-refractivity contribution in [1.29, 1.82) is 0 Å². The van der Waals surface area contributed by atoms with Gasteiger partial charge in [0.1, 0.15) is 12.6 Å². The van der Waals surface area contributed by atoms with E-state index < -0.39 is 51.1 Å². The minimum atomic E-state index is -4.72. The lowest BCUT2D eigenvalue weighted by Gasteiger charge is -2.20. The maximum Gasteiger partial charge on any atom is 0.472 e. The molecule has 0 spiro atoms. The second-order valence-corrected chi connectivity index (χ2v) is 15.2. The molecule has 0 saturated carbocycles. The summed E-state index contributed by atoms with van der Waals surface area (Å²) in [5.41, 5.74) is 5.32. The standard InChI is InChI=1S/C42H74NO10P/c1-3-5-7-9-11-13-15-17-19-21-23-25-27-29-31-33-40(44)50-35-38(36-51-54(48,49)52-37-39(43)42(46)47)53-41(45)34-32-30-28-26-24-22-20-18-16-14-12-10-8-6-4-2/h11,13,17-20,23,25,38-39H,3-10,12,14-16,21-22,24,26-37,43H2,1-2H3,(H,46,47)(H,48,49)/b13-11-,19-17-,20-18-,25-23-/t38-,39+/m1/s1. The first-order valence-electron chi connectivity index (χ1n) is 20.7. The Hall–Kier alpha value is -2.56. The summed E-state index contributed by atoms with van der Waals surface area (Å²) in [7, 11) is -4.72. The molecular formula is C42H74NO10P. The number of carboxylic acid groups (broad SMARTS) is 1. The van der Waals surface area contributed by atoms with E-state index in [1.54, 1.807) is 0 Å². The molecule has 3 atom stereocenters. The van der Waals surface area contributed by atoms with Gasteiger partial charge in [-0.25, -0.2) is 4.57 Å². The lowest BCUT2D eigenvalue weighted by Crippen LogP contribution is -2.34. The topological polar surface area (TPSA) is 172 Å². The van der Waals surface area contributed by atoms with Gasteiger partial charge in [-0.3, -0.25) is 23.4 Å². The normalized spacial score (nSPS) is 14.3. The summed E-state index contributed by atoms with van der Waals surface area (Å²) in [4.78, 5) is 45.8. The minimum Gasteiger partial charge on any atom is -0.480 e. The van der Waals surface area contributed by atoms with Gasteiger partial charge in [-0.2, -0.15) is 0 Å². The van der Waals surface area contributed by atoms with Crippen molar-refractivity contribution >= 4 is 25.7 Å². The number of carbonyl (C=O) groups is 3. The van der Waals surface area contributed by atoms with Gasteiger partial charge in [0.15, 0.2) is 6.10 Å². The van der Waals surface area contributed by atoms with Gasteiger partial charge >= 0.3 is 25.7 Å². The number of esters is 2. The SMILES string of the molecule is CCCCC/C=C\C/C=C\C/C=C\CCCCC(=O)OC[C@H](COP(=O)(O)OC[C@H](N)C(=O)O)OC(=O)CCCCCCC/C=C\CCCCCCCC. The molecule has 12 heteroatoms. The Morgan fingerprint density at radius 3 is 1.56 bits per heavy atom. The van der Waals surface area contributed by atoms with E-state index >= 15 is 0 Å². The molecule has 312 valence electrons. The Balaban J connectivity index is 4.48. The lowest BCUT2D eigenvalue weighted by molar-refractivity contribution is -0.161. The molecule has 0 amide bonds. The van der Waals surface area contributed by atoms with Crippen molar-refractivity contribution in [2.24, 2.45) is 5.73 Å². The van der Waals surface area contributed by atoms with E-state index in [1.807, 2.05) is 0 Å². The van der Waals surface area contributed by atoms with Crippen LogP contribution in [0.15, 0.2) is 48.6 Å². The monoisotopic (exact) mass is 784 g/mol. The fourth-order valence-electron chi connectivity index (χ4n) is 5.24. The number of hydrogen-bond acceptors (Lipinski definition) is 9. The Labute approximate surface area is 326 Å². The molecule has 0 aromatic rings. The van der Waals surface area contributed by atoms with Gasteiger partial charge in [-0.1, -0.05) is 127 Å². The van der Waals surface area contributed by atoms with Crippen LogP contribution in [0.5, 0.6) is 0 Å². The maximum atomic E-state index is 12.6. The van der Waals surface area contributed by atoms with Gasteiger partial charge < -0.3 is 25.2 Å². The quantitative estimate of drug-likeness (QED) is 0.0235. The predicted molar refractivity (Wildman–Crippen MR) is 217 cm³/mol. The molecule has 0 aromatic carbocycles. The first-order valence-corrected chi connectivity index (χ1v) is 22.2. The number of unbranched alkanes of at least 4 members (excludes halogenated alkanes) is 16. The van der Waals surface area contributed by atoms with E-state index in [-0.39, 0.29) is 19.4 Å². The number of hydrogen-bond donors (Lipinski definition) is 3. The zero-order chi connectivity index (χ0) is 40.0. The van der Waals surface area contributed by atoms with E-state index in [0.29, 0.717) is 12.8 Å². The largest absolute Gasteiger partial charge is 0.480 e. The van der Waals surface area contributed by atoms with Crippen molar-refractivity contribution in [3.8, 4) is 0 Å². The highest BCUT2D eigenvalue weighted by Crippen LogP contribution is 2.43. The molecule has 54 heavy (non-hydrogen) atoms. The molecule has 0 aromatic heterocycles. The molecule has 0 aliphatic heterocycles. The number of phosphoric ester groups is 1. The van der Waals surface area contributed by atoms with Gasteiger partial charge in [0.05, 0.1) is 13.2 Å². The number of allylic oxidation sites excluding steroid dienone is 8. The van der Waals surface area contributed by atoms with Gasteiger partial charge in [0, 0.05) is 12.8 Å². The average Bonchev–Trinajstić information content (AvgIpc) is 3.14. The molecule has 0 radical (unpaired) electrons. The van der Waals surface area contributed by atoms with Crippen molar-refractivity contribution in [3.05, 3.63) is 48.6 Å². The summed E-state index contributed by atoms with van der Waals surface area (Å²) in [6.45, 7) is 2.71. The van der Waals surface area contributed by atoms with Gasteiger partial charge in [-0.05, 0) is 77.0 Å². The van der Waals surface area contributed by atoms with E-state index in [2.05, 4.69) is 67.0 Å². The van der Waals surface area contributed by atoms with Gasteiger partial charge in [0.25, 0.3) is 0 Å². The highest BCUT2D eigenvalue weighted by atomic mass is 31.2. The molecule has 1 unspecified atom stereocenters. The maximum absolute atomic E-state index is 12.6. The third-order valence-electron chi connectivity index (χ3n) is 8.55. The first-order chi connectivity index (χ1) is 26.1. The third kappa shape index (κ3) is 36.4. The van der Waals surface area contributed by atoms with Crippen LogP contribution in [-0.4, -0.2) is 59.9 Å². The molecule has 0 aliphatic rings. The highest BCUT2D eigenvalue weighted by molar-refractivity contribution is 7.47. The molecule has 0 aliphatic carbocycles. The zero-order valence-corrected chi connectivity index (χ0v) is 34.4. The molecule has 11 nitrogen and oxygen atoms in total. The van der Waals surface area contributed by atoms with Crippen LogP contribution >= 0.6 is 7.82 Å². The van der Waals surface area contributed by atoms with E-state index in [0.717, 1.165) is 70.6 Å². The summed E-state index contributed by atoms with van der Waals surface area (Å²) < 4.78 is 32.6. The van der Waals surface area contributed by atoms with Crippen molar-refractivity contribution in [2.75, 3.05) is 19.8 Å². The summed E-state index contributed by atoms with van der Waals surface area (Å²) in [5, 5.41) is 8.87. The van der Waals surface area contributed by atoms with Crippen LogP contribution in [0, 0.1) is 0 Å². The molecule has 0 bridgehead atoms. The zero-order valence-electron chi connectivity index (χ0n) is 33.6. The fourth-order valence-corrected chi connectivity index (χ4v) is 6.02. The smallest absolute Gasteiger partial charge is 0.472 e. The number of ether oxygens (including phenoxy) is 2. The van der Waals surface area contributed by atoms with Crippen LogP contribution in [0.4, 0.5) is 0 Å². The predicted octanol–water partition coefficient (Wildman–Crippen LogP) is 10.6. The number of aliphatic carboxylic acids is 1. The Morgan fingerprint density at radius 1 is 0.574 bits per heavy atom. The van der Waals surface area contributed by atoms with Crippen LogP contribution in [-0.2, 0) is 37.5 Å². The molecule has 0 fully saturated rings. The fraction of sp³-hybridized carbons (Fsp3) is 0.738. The number of carbonyl (C=O) groups excluding carboxylic acids is 2. The summed E-state index contributed by atoms with van der Waals surface area (Å²) in [6, 6.07) is -1.53. The molecule has 0 heterocycles. The van der Waals surface area contributed by atoms with Gasteiger partial charge in [-0.15, -0.1) is 0 Å². The first kappa shape index (κ1) is 51.4. The van der Waals surface area contributed by atoms with Crippen LogP contribution < -0.4 is 5.73 Å². The molecular weight excluding hydrogens is 709 g/mol. The van der Waals surface area contributed by atoms with Gasteiger partial charge in [0.2, 0.25) is 0 Å². The number of nitrogens with two attached hydrogens (primary N) is 1. The summed E-state index contributed by atoms with van der Waals surface area (Å²) >= 11 is 0. The second kappa shape index (κ2) is 37.4. The lowest BCUT2D eigenvalue weighted by atomic mass is 10.1. The van der Waals surface area contributed by atoms with E-state index in [4.69, 9.17) is 24.8 Å². The second-order valence-electron chi connectivity index (χ2n) is 13.8. The van der Waals surface area contributed by atoms with Crippen LogP contribution in [0.25, 0.3) is 0 Å². The van der Waals surface area contributed by atoms with E-state index in [1.165, 1.54) is 57.8 Å². The summed E-state index contributed by atoms with van der Waals surface area (Å²) in [5.74, 6) is -2.44. The van der Waals surface area contributed by atoms with Crippen LogP contribution in [0.2, 0.25) is 0 Å². The molecule has 4 N–H and O–H groups in total. The van der Waals surface area contributed by atoms with Crippen LogP contribution in [0.1, 0.15) is 168 Å². The number of carboxylic acids is 1. The molecule has 0 saturated heterocycles.